The molecular formula is C11H17N5S. The van der Waals surface area contributed by atoms with Gasteiger partial charge in [-0.1, -0.05) is 0 Å². The summed E-state index contributed by atoms with van der Waals surface area (Å²) in [5.41, 5.74) is 6.78. The van der Waals surface area contributed by atoms with Crippen LogP contribution in [0.1, 0.15) is 12.5 Å². The van der Waals surface area contributed by atoms with E-state index in [0.717, 1.165) is 13.0 Å². The van der Waals surface area contributed by atoms with Gasteiger partial charge in [-0.05, 0) is 43.3 Å². The number of aromatic nitrogens is 1. The summed E-state index contributed by atoms with van der Waals surface area (Å²) in [5.74, 6) is 0.342. The van der Waals surface area contributed by atoms with Crippen LogP contribution in [-0.2, 0) is 6.42 Å². The van der Waals surface area contributed by atoms with Crippen LogP contribution >= 0.6 is 12.2 Å². The summed E-state index contributed by atoms with van der Waals surface area (Å²) in [5, 5.41) is 6.36. The third-order valence-electron chi connectivity index (χ3n) is 2.02. The summed E-state index contributed by atoms with van der Waals surface area (Å²) in [6.07, 6.45) is 4.44. The highest BCUT2D eigenvalue weighted by Crippen LogP contribution is 1.95. The maximum Gasteiger partial charge on any atom is 0.194 e. The molecule has 1 aromatic rings. The van der Waals surface area contributed by atoms with E-state index in [0.29, 0.717) is 17.6 Å². The molecule has 0 atom stereocenters. The second kappa shape index (κ2) is 7.56. The predicted molar refractivity (Wildman–Crippen MR) is 73.8 cm³/mol. The SMILES string of the molecule is CCN=C(N)NC(=S)NCCc1ccncc1. The molecule has 0 saturated heterocycles. The molecule has 17 heavy (non-hydrogen) atoms. The van der Waals surface area contributed by atoms with Crippen molar-refractivity contribution in [2.45, 2.75) is 13.3 Å². The average molecular weight is 251 g/mol. The van der Waals surface area contributed by atoms with E-state index >= 15 is 0 Å². The Labute approximate surface area is 107 Å². The summed E-state index contributed by atoms with van der Waals surface area (Å²) >= 11 is 5.06. The number of aliphatic imine (C=N–C) groups is 1. The molecule has 0 saturated carbocycles. The lowest BCUT2D eigenvalue weighted by Gasteiger charge is -2.09. The van der Waals surface area contributed by atoms with Crippen LogP contribution in [0.5, 0.6) is 0 Å². The molecule has 0 fully saturated rings. The molecule has 1 heterocycles. The van der Waals surface area contributed by atoms with Crippen LogP contribution in [0.15, 0.2) is 29.5 Å². The second-order valence-electron chi connectivity index (χ2n) is 3.35. The molecule has 0 aliphatic heterocycles. The van der Waals surface area contributed by atoms with E-state index in [1.54, 1.807) is 12.4 Å². The first-order valence-corrected chi connectivity index (χ1v) is 5.87. The maximum atomic E-state index is 5.57. The molecule has 0 aliphatic carbocycles. The minimum Gasteiger partial charge on any atom is -0.370 e. The fourth-order valence-electron chi connectivity index (χ4n) is 1.24. The fourth-order valence-corrected chi connectivity index (χ4v) is 1.45. The number of thiocarbonyl (C=S) groups is 1. The number of guanidine groups is 1. The molecule has 5 nitrogen and oxygen atoms in total. The van der Waals surface area contributed by atoms with Crippen LogP contribution in [0, 0.1) is 0 Å². The van der Waals surface area contributed by atoms with Gasteiger partial charge in [0.2, 0.25) is 0 Å². The molecule has 4 N–H and O–H groups in total. The van der Waals surface area contributed by atoms with E-state index in [1.807, 2.05) is 19.1 Å². The molecule has 92 valence electrons. The Balaban J connectivity index is 2.23. The molecule has 6 heteroatoms. The minimum absolute atomic E-state index is 0.342. The van der Waals surface area contributed by atoms with Gasteiger partial charge in [0.05, 0.1) is 0 Å². The number of nitrogens with two attached hydrogens (primary N) is 1. The van der Waals surface area contributed by atoms with E-state index in [1.165, 1.54) is 5.56 Å². The monoisotopic (exact) mass is 251 g/mol. The van der Waals surface area contributed by atoms with Crippen molar-refractivity contribution in [1.82, 2.24) is 15.6 Å². The van der Waals surface area contributed by atoms with Crippen molar-refractivity contribution in [2.75, 3.05) is 13.1 Å². The molecular weight excluding hydrogens is 234 g/mol. The average Bonchev–Trinajstić information content (AvgIpc) is 2.30. The van der Waals surface area contributed by atoms with Crippen molar-refractivity contribution in [3.63, 3.8) is 0 Å². The molecule has 1 aromatic heterocycles. The normalized spacial score (nSPS) is 11.0. The Kier molecular flexibility index (Phi) is 5.95. The highest BCUT2D eigenvalue weighted by Gasteiger charge is 1.97. The molecule has 0 radical (unpaired) electrons. The first kappa shape index (κ1) is 13.4. The van der Waals surface area contributed by atoms with Crippen LogP contribution in [0.4, 0.5) is 0 Å². The van der Waals surface area contributed by atoms with E-state index in [4.69, 9.17) is 18.0 Å². The van der Waals surface area contributed by atoms with Crippen molar-refractivity contribution in [2.24, 2.45) is 10.7 Å². The lowest BCUT2D eigenvalue weighted by molar-refractivity contribution is 0.858. The van der Waals surface area contributed by atoms with Gasteiger partial charge >= 0.3 is 0 Å². The van der Waals surface area contributed by atoms with Crippen molar-refractivity contribution in [1.29, 1.82) is 0 Å². The van der Waals surface area contributed by atoms with Crippen LogP contribution < -0.4 is 16.4 Å². The van der Waals surface area contributed by atoms with Gasteiger partial charge < -0.3 is 16.4 Å². The predicted octanol–water partition coefficient (Wildman–Crippen LogP) is 0.423. The van der Waals surface area contributed by atoms with Crippen molar-refractivity contribution in [3.05, 3.63) is 30.1 Å². The lowest BCUT2D eigenvalue weighted by atomic mass is 10.2. The number of rotatable bonds is 4. The van der Waals surface area contributed by atoms with Gasteiger partial charge in [-0.15, -0.1) is 0 Å². The topological polar surface area (TPSA) is 75.3 Å². The Bertz CT molecular complexity index is 377. The Hall–Kier alpha value is -1.69. The Morgan fingerprint density at radius 2 is 2.18 bits per heavy atom. The zero-order valence-corrected chi connectivity index (χ0v) is 10.6. The highest BCUT2D eigenvalue weighted by atomic mass is 32.1. The second-order valence-corrected chi connectivity index (χ2v) is 3.75. The fraction of sp³-hybridized carbons (Fsp3) is 0.364. The Morgan fingerprint density at radius 3 is 2.82 bits per heavy atom. The van der Waals surface area contributed by atoms with E-state index in [-0.39, 0.29) is 0 Å². The highest BCUT2D eigenvalue weighted by molar-refractivity contribution is 7.80. The number of nitrogens with one attached hydrogen (secondary N) is 2. The number of hydrogen-bond acceptors (Lipinski definition) is 3. The van der Waals surface area contributed by atoms with Gasteiger partial charge in [-0.3, -0.25) is 9.98 Å². The minimum atomic E-state index is 0.342. The molecule has 0 amide bonds. The first-order valence-electron chi connectivity index (χ1n) is 5.46. The summed E-state index contributed by atoms with van der Waals surface area (Å²) < 4.78 is 0. The molecule has 0 aromatic carbocycles. The lowest BCUT2D eigenvalue weighted by Crippen LogP contribution is -2.43. The van der Waals surface area contributed by atoms with E-state index in [2.05, 4.69) is 20.6 Å². The van der Waals surface area contributed by atoms with Crippen LogP contribution in [0.25, 0.3) is 0 Å². The zero-order chi connectivity index (χ0) is 12.5. The van der Waals surface area contributed by atoms with Gasteiger partial charge in [0, 0.05) is 25.5 Å². The number of nitrogens with zero attached hydrogens (tertiary/aromatic N) is 2. The van der Waals surface area contributed by atoms with Crippen molar-refractivity contribution < 1.29 is 0 Å². The standard InChI is InChI=1S/C11H17N5S/c1-2-14-10(12)16-11(17)15-8-5-9-3-6-13-7-4-9/h3-4,6-7H,2,5,8H2,1H3,(H4,12,14,15,16,17). The van der Waals surface area contributed by atoms with Gasteiger partial charge in [0.25, 0.3) is 0 Å². The van der Waals surface area contributed by atoms with Crippen molar-refractivity contribution in [3.8, 4) is 0 Å². The largest absolute Gasteiger partial charge is 0.370 e. The number of hydrogen-bond donors (Lipinski definition) is 3. The summed E-state index contributed by atoms with van der Waals surface area (Å²) in [6.45, 7) is 3.29. The molecule has 0 spiro atoms. The van der Waals surface area contributed by atoms with Gasteiger partial charge in [0.1, 0.15) is 0 Å². The van der Waals surface area contributed by atoms with Gasteiger partial charge in [-0.25, -0.2) is 0 Å². The quantitative estimate of drug-likeness (QED) is 0.411. The maximum absolute atomic E-state index is 5.57. The Morgan fingerprint density at radius 1 is 1.47 bits per heavy atom. The molecule has 0 aliphatic rings. The van der Waals surface area contributed by atoms with Crippen LogP contribution in [0.2, 0.25) is 0 Å². The van der Waals surface area contributed by atoms with Crippen LogP contribution in [-0.4, -0.2) is 29.1 Å². The summed E-state index contributed by atoms with van der Waals surface area (Å²) in [4.78, 5) is 7.94. The van der Waals surface area contributed by atoms with Crippen LogP contribution in [0.3, 0.4) is 0 Å². The zero-order valence-electron chi connectivity index (χ0n) is 9.81. The summed E-state index contributed by atoms with van der Waals surface area (Å²) in [6, 6.07) is 3.95. The van der Waals surface area contributed by atoms with Gasteiger partial charge in [0.15, 0.2) is 11.1 Å². The third-order valence-corrected chi connectivity index (χ3v) is 2.27. The number of pyridine rings is 1. The van der Waals surface area contributed by atoms with E-state index < -0.39 is 0 Å². The van der Waals surface area contributed by atoms with E-state index in [9.17, 15) is 0 Å². The third kappa shape index (κ3) is 5.82. The van der Waals surface area contributed by atoms with Gasteiger partial charge in [-0.2, -0.15) is 0 Å². The summed E-state index contributed by atoms with van der Waals surface area (Å²) in [7, 11) is 0. The first-order chi connectivity index (χ1) is 8.22. The smallest absolute Gasteiger partial charge is 0.194 e. The molecule has 0 unspecified atom stereocenters. The van der Waals surface area contributed by atoms with Crippen molar-refractivity contribution >= 4 is 23.3 Å². The molecule has 0 bridgehead atoms. The molecule has 1 rings (SSSR count).